The summed E-state index contributed by atoms with van der Waals surface area (Å²) in [6.45, 7) is 1.82. The van der Waals surface area contributed by atoms with Crippen LogP contribution in [0.3, 0.4) is 0 Å². The summed E-state index contributed by atoms with van der Waals surface area (Å²) >= 11 is 0. The van der Waals surface area contributed by atoms with Crippen LogP contribution in [-0.4, -0.2) is 24.5 Å². The van der Waals surface area contributed by atoms with Crippen molar-refractivity contribution in [1.82, 2.24) is 5.32 Å². The minimum Gasteiger partial charge on any atom is -0.619 e. The molecule has 140 valence electrons. The van der Waals surface area contributed by atoms with Crippen molar-refractivity contribution < 1.29 is 19.1 Å². The summed E-state index contributed by atoms with van der Waals surface area (Å²) in [6, 6.07) is 2.87. The van der Waals surface area contributed by atoms with Gasteiger partial charge in [-0.2, -0.15) is 4.73 Å². The molecule has 6 nitrogen and oxygen atoms in total. The Kier molecular flexibility index (Phi) is 4.37. The first-order valence-electron chi connectivity index (χ1n) is 9.59. The SMILES string of the molecule is C[C@@H](NC(=O)COC(=O)c1cc[n+]([O-])cc1)C12CC3CC(CC(C3)C1)C2. The van der Waals surface area contributed by atoms with Crippen LogP contribution in [0.5, 0.6) is 0 Å². The second-order valence-corrected chi connectivity index (χ2v) is 8.59. The lowest BCUT2D eigenvalue weighted by atomic mass is 9.48. The van der Waals surface area contributed by atoms with Gasteiger partial charge >= 0.3 is 5.97 Å². The zero-order valence-electron chi connectivity index (χ0n) is 15.1. The van der Waals surface area contributed by atoms with E-state index in [9.17, 15) is 14.8 Å². The number of nitrogens with zero attached hydrogens (tertiary/aromatic N) is 1. The molecule has 26 heavy (non-hydrogen) atoms. The number of pyridine rings is 1. The molecule has 0 aromatic carbocycles. The molecule has 0 unspecified atom stereocenters. The highest BCUT2D eigenvalue weighted by Crippen LogP contribution is 2.61. The lowest BCUT2D eigenvalue weighted by Gasteiger charge is -2.59. The van der Waals surface area contributed by atoms with Gasteiger partial charge in [-0.3, -0.25) is 4.79 Å². The van der Waals surface area contributed by atoms with Crippen LogP contribution in [0.15, 0.2) is 24.5 Å². The summed E-state index contributed by atoms with van der Waals surface area (Å²) in [5.41, 5.74) is 0.495. The maximum absolute atomic E-state index is 12.3. The van der Waals surface area contributed by atoms with Crippen molar-refractivity contribution in [2.24, 2.45) is 23.2 Å². The molecular weight excluding hydrogens is 332 g/mol. The van der Waals surface area contributed by atoms with E-state index in [-0.39, 0.29) is 29.5 Å². The van der Waals surface area contributed by atoms with Crippen LogP contribution in [0, 0.1) is 28.4 Å². The molecule has 6 heteroatoms. The molecule has 0 spiro atoms. The number of nitrogens with one attached hydrogen (secondary N) is 1. The van der Waals surface area contributed by atoms with Crippen LogP contribution in [-0.2, 0) is 9.53 Å². The fourth-order valence-corrected chi connectivity index (χ4v) is 5.91. The van der Waals surface area contributed by atoms with Crippen LogP contribution in [0.25, 0.3) is 0 Å². The summed E-state index contributed by atoms with van der Waals surface area (Å²) in [6.07, 6.45) is 10.2. The fraction of sp³-hybridized carbons (Fsp3) is 0.650. The van der Waals surface area contributed by atoms with Gasteiger partial charge in [0.15, 0.2) is 19.0 Å². The Hall–Kier alpha value is -2.11. The first kappa shape index (κ1) is 17.3. The van der Waals surface area contributed by atoms with Gasteiger partial charge in [0.1, 0.15) is 0 Å². The van der Waals surface area contributed by atoms with E-state index >= 15 is 0 Å². The molecule has 5 rings (SSSR count). The van der Waals surface area contributed by atoms with Crippen LogP contribution in [0.1, 0.15) is 55.8 Å². The van der Waals surface area contributed by atoms with Gasteiger partial charge in [0.05, 0.1) is 5.56 Å². The zero-order valence-corrected chi connectivity index (χ0v) is 15.1. The van der Waals surface area contributed by atoms with Crippen molar-refractivity contribution >= 4 is 11.9 Å². The highest BCUT2D eigenvalue weighted by Gasteiger charge is 2.53. The molecule has 4 aliphatic rings. The molecule has 0 aliphatic heterocycles. The number of carbonyl (C=O) groups excluding carboxylic acids is 2. The van der Waals surface area contributed by atoms with Gasteiger partial charge in [-0.25, -0.2) is 4.79 Å². The quantitative estimate of drug-likeness (QED) is 0.497. The lowest BCUT2D eigenvalue weighted by molar-refractivity contribution is -0.605. The highest BCUT2D eigenvalue weighted by molar-refractivity contribution is 5.91. The minimum atomic E-state index is -0.594. The van der Waals surface area contributed by atoms with Crippen LogP contribution < -0.4 is 10.0 Å². The highest BCUT2D eigenvalue weighted by atomic mass is 16.5. The molecule has 1 amide bonds. The smallest absolute Gasteiger partial charge is 0.339 e. The molecule has 0 radical (unpaired) electrons. The summed E-state index contributed by atoms with van der Waals surface area (Å²) in [5, 5.41) is 14.1. The van der Waals surface area contributed by atoms with Crippen molar-refractivity contribution in [1.29, 1.82) is 0 Å². The maximum Gasteiger partial charge on any atom is 0.339 e. The van der Waals surface area contributed by atoms with Crippen LogP contribution in [0.4, 0.5) is 0 Å². The van der Waals surface area contributed by atoms with Crippen molar-refractivity contribution in [2.75, 3.05) is 6.61 Å². The average molecular weight is 358 g/mol. The largest absolute Gasteiger partial charge is 0.619 e. The van der Waals surface area contributed by atoms with Gasteiger partial charge in [-0.15, -0.1) is 0 Å². The summed E-state index contributed by atoms with van der Waals surface area (Å²) in [4.78, 5) is 24.2. The van der Waals surface area contributed by atoms with E-state index in [0.29, 0.717) is 4.73 Å². The molecule has 1 N–H and O–H groups in total. The number of rotatable bonds is 5. The Balaban J connectivity index is 1.31. The van der Waals surface area contributed by atoms with Gasteiger partial charge in [0.25, 0.3) is 5.91 Å². The Bertz CT molecular complexity index is 665. The molecule has 1 aromatic rings. The van der Waals surface area contributed by atoms with E-state index in [0.717, 1.165) is 17.8 Å². The monoisotopic (exact) mass is 358 g/mol. The molecule has 1 heterocycles. The van der Waals surface area contributed by atoms with E-state index < -0.39 is 5.97 Å². The third kappa shape index (κ3) is 3.29. The number of ether oxygens (including phenoxy) is 1. The van der Waals surface area contributed by atoms with Gasteiger partial charge in [-0.05, 0) is 68.6 Å². The molecule has 4 aliphatic carbocycles. The van der Waals surface area contributed by atoms with E-state index in [4.69, 9.17) is 4.74 Å². The first-order valence-corrected chi connectivity index (χ1v) is 9.59. The van der Waals surface area contributed by atoms with Crippen molar-refractivity contribution in [3.05, 3.63) is 35.3 Å². The molecule has 4 bridgehead atoms. The third-order valence-electron chi connectivity index (χ3n) is 6.75. The third-order valence-corrected chi connectivity index (χ3v) is 6.75. The predicted molar refractivity (Wildman–Crippen MR) is 93.9 cm³/mol. The number of hydrogen-bond donors (Lipinski definition) is 1. The second kappa shape index (κ2) is 6.56. The normalized spacial score (nSPS) is 32.9. The first-order chi connectivity index (χ1) is 12.4. The average Bonchev–Trinajstić information content (AvgIpc) is 2.59. The van der Waals surface area contributed by atoms with Gasteiger partial charge in [-0.1, -0.05) is 0 Å². The van der Waals surface area contributed by atoms with Crippen molar-refractivity contribution in [3.8, 4) is 0 Å². The van der Waals surface area contributed by atoms with Gasteiger partial charge < -0.3 is 15.3 Å². The Morgan fingerprint density at radius 3 is 2.27 bits per heavy atom. The number of carbonyl (C=O) groups is 2. The summed E-state index contributed by atoms with van der Waals surface area (Å²) in [7, 11) is 0. The van der Waals surface area contributed by atoms with Gasteiger partial charge in [0.2, 0.25) is 0 Å². The number of aromatic nitrogens is 1. The fourth-order valence-electron chi connectivity index (χ4n) is 5.91. The van der Waals surface area contributed by atoms with E-state index in [1.165, 1.54) is 63.1 Å². The topological polar surface area (TPSA) is 82.3 Å². The number of hydrogen-bond acceptors (Lipinski definition) is 4. The predicted octanol–water partition coefficient (Wildman–Crippen LogP) is 2.20. The Morgan fingerprint density at radius 2 is 1.73 bits per heavy atom. The number of esters is 1. The summed E-state index contributed by atoms with van der Waals surface area (Å²) < 4.78 is 5.68. The Labute approximate surface area is 153 Å². The standard InChI is InChI=1S/C20H26N2O4/c1-13(20-9-14-6-15(10-20)8-16(7-14)11-20)21-18(23)12-26-19(24)17-2-4-22(25)5-3-17/h2-5,13-16H,6-12H2,1H3,(H,21,23)/t13-,14?,15?,16?,20?/m1/s1. The van der Waals surface area contributed by atoms with Crippen molar-refractivity contribution in [2.45, 2.75) is 51.5 Å². The maximum atomic E-state index is 12.3. The van der Waals surface area contributed by atoms with E-state index in [2.05, 4.69) is 12.2 Å². The molecule has 4 saturated carbocycles. The molecule has 1 atom stereocenters. The van der Waals surface area contributed by atoms with Crippen molar-refractivity contribution in [3.63, 3.8) is 0 Å². The van der Waals surface area contributed by atoms with Crippen LogP contribution in [0.2, 0.25) is 0 Å². The Morgan fingerprint density at radius 1 is 1.19 bits per heavy atom. The second-order valence-electron chi connectivity index (χ2n) is 8.59. The molecule has 0 saturated heterocycles. The molecule has 1 aromatic heterocycles. The van der Waals surface area contributed by atoms with Crippen LogP contribution >= 0.6 is 0 Å². The molecule has 4 fully saturated rings. The van der Waals surface area contributed by atoms with E-state index in [1.807, 2.05) is 0 Å². The lowest BCUT2D eigenvalue weighted by Crippen LogP contribution is -2.56. The summed E-state index contributed by atoms with van der Waals surface area (Å²) in [5.74, 6) is 1.65. The van der Waals surface area contributed by atoms with E-state index in [1.54, 1.807) is 0 Å². The minimum absolute atomic E-state index is 0.109. The number of amides is 1. The molecular formula is C20H26N2O4. The van der Waals surface area contributed by atoms with Gasteiger partial charge in [0, 0.05) is 18.2 Å². The zero-order chi connectivity index (χ0) is 18.3.